The van der Waals surface area contributed by atoms with Gasteiger partial charge in [-0.15, -0.1) is 5.10 Å². The first-order chi connectivity index (χ1) is 12.6. The van der Waals surface area contributed by atoms with E-state index in [0.29, 0.717) is 10.9 Å². The van der Waals surface area contributed by atoms with Gasteiger partial charge >= 0.3 is 0 Å². The Morgan fingerprint density at radius 3 is 2.58 bits per heavy atom. The molecule has 2 aromatic carbocycles. The van der Waals surface area contributed by atoms with Gasteiger partial charge in [0.25, 0.3) is 0 Å². The summed E-state index contributed by atoms with van der Waals surface area (Å²) in [5.41, 5.74) is 5.20. The first-order valence-corrected chi connectivity index (χ1v) is 9.68. The highest BCUT2D eigenvalue weighted by molar-refractivity contribution is 7.99. The number of tetrazole rings is 1. The van der Waals surface area contributed by atoms with E-state index >= 15 is 0 Å². The Kier molecular flexibility index (Phi) is 5.83. The molecule has 0 radical (unpaired) electrons. The van der Waals surface area contributed by atoms with E-state index in [0.717, 1.165) is 29.7 Å². The van der Waals surface area contributed by atoms with Crippen LogP contribution in [0, 0.1) is 13.8 Å². The number of rotatable bonds is 7. The summed E-state index contributed by atoms with van der Waals surface area (Å²) in [6.07, 6.45) is 2.14. The number of thioether (sulfide) groups is 1. The number of ketones is 1. The fourth-order valence-corrected chi connectivity index (χ4v) is 3.60. The first-order valence-electron chi connectivity index (χ1n) is 8.69. The minimum absolute atomic E-state index is 0.0771. The third-order valence-electron chi connectivity index (χ3n) is 4.17. The number of hydrogen-bond acceptors (Lipinski definition) is 5. The number of nitrogens with zero attached hydrogens (tertiary/aromatic N) is 4. The van der Waals surface area contributed by atoms with Gasteiger partial charge in [0.2, 0.25) is 5.16 Å². The molecular weight excluding hydrogens is 344 g/mol. The molecule has 0 N–H and O–H groups in total. The van der Waals surface area contributed by atoms with Crippen LogP contribution in [-0.4, -0.2) is 31.7 Å². The molecule has 0 aliphatic rings. The number of aryl methyl sites for hydroxylation is 3. The Labute approximate surface area is 157 Å². The van der Waals surface area contributed by atoms with E-state index in [-0.39, 0.29) is 5.78 Å². The summed E-state index contributed by atoms with van der Waals surface area (Å²) in [5, 5.41) is 12.5. The summed E-state index contributed by atoms with van der Waals surface area (Å²) in [6.45, 7) is 6.23. The molecule has 0 fully saturated rings. The van der Waals surface area contributed by atoms with Crippen LogP contribution in [0.25, 0.3) is 5.69 Å². The molecule has 5 nitrogen and oxygen atoms in total. The molecule has 0 spiro atoms. The number of aromatic nitrogens is 4. The summed E-state index contributed by atoms with van der Waals surface area (Å²) in [5.74, 6) is 0.381. The lowest BCUT2D eigenvalue weighted by molar-refractivity contribution is 0.102. The number of Topliss-reactive ketones (excluding diaryl/α,β-unsaturated/α-hetero) is 1. The summed E-state index contributed by atoms with van der Waals surface area (Å²) < 4.78 is 1.69. The van der Waals surface area contributed by atoms with Crippen molar-refractivity contribution in [3.8, 4) is 5.69 Å². The fourth-order valence-electron chi connectivity index (χ4n) is 2.82. The Bertz CT molecular complexity index is 902. The van der Waals surface area contributed by atoms with Gasteiger partial charge in [0.15, 0.2) is 5.78 Å². The lowest BCUT2D eigenvalue weighted by Gasteiger charge is -2.08. The maximum absolute atomic E-state index is 12.5. The van der Waals surface area contributed by atoms with Gasteiger partial charge in [-0.1, -0.05) is 67.1 Å². The van der Waals surface area contributed by atoms with Crippen molar-refractivity contribution in [3.63, 3.8) is 0 Å². The van der Waals surface area contributed by atoms with E-state index in [1.807, 2.05) is 43.3 Å². The quantitative estimate of drug-likeness (QED) is 0.463. The average molecular weight is 366 g/mol. The van der Waals surface area contributed by atoms with Gasteiger partial charge in [-0.25, -0.2) is 0 Å². The molecule has 3 rings (SSSR count). The highest BCUT2D eigenvalue weighted by atomic mass is 32.2. The van der Waals surface area contributed by atoms with E-state index in [9.17, 15) is 4.79 Å². The standard InChI is InChI=1S/C20H22N4OS/c1-4-5-16-7-9-17(10-8-16)19(25)13-26-20-21-22-23-24(20)18-11-6-14(2)12-15(18)3/h6-12H,4-5,13H2,1-3H3. The predicted molar refractivity (Wildman–Crippen MR) is 104 cm³/mol. The van der Waals surface area contributed by atoms with Gasteiger partial charge in [-0.3, -0.25) is 4.79 Å². The van der Waals surface area contributed by atoms with E-state index in [4.69, 9.17) is 0 Å². The van der Waals surface area contributed by atoms with Gasteiger partial charge in [0.05, 0.1) is 11.4 Å². The lowest BCUT2D eigenvalue weighted by Crippen LogP contribution is -2.06. The molecular formula is C20H22N4OS. The molecule has 6 heteroatoms. The summed E-state index contributed by atoms with van der Waals surface area (Å²) in [4.78, 5) is 12.5. The average Bonchev–Trinajstić information content (AvgIpc) is 3.09. The van der Waals surface area contributed by atoms with Gasteiger partial charge in [0, 0.05) is 5.56 Å². The minimum atomic E-state index is 0.0771. The van der Waals surface area contributed by atoms with Crippen molar-refractivity contribution in [2.45, 2.75) is 38.8 Å². The van der Waals surface area contributed by atoms with Crippen molar-refractivity contribution in [2.24, 2.45) is 0 Å². The SMILES string of the molecule is CCCc1ccc(C(=O)CSc2nnnn2-c2ccc(C)cc2C)cc1. The molecule has 0 saturated carbocycles. The molecule has 0 aliphatic heterocycles. The highest BCUT2D eigenvalue weighted by Gasteiger charge is 2.14. The second-order valence-corrected chi connectivity index (χ2v) is 7.26. The summed E-state index contributed by atoms with van der Waals surface area (Å²) in [6, 6.07) is 14.0. The minimum Gasteiger partial charge on any atom is -0.293 e. The molecule has 1 aromatic heterocycles. The van der Waals surface area contributed by atoms with Crippen molar-refractivity contribution in [1.82, 2.24) is 20.2 Å². The lowest BCUT2D eigenvalue weighted by atomic mass is 10.1. The Morgan fingerprint density at radius 1 is 1.12 bits per heavy atom. The highest BCUT2D eigenvalue weighted by Crippen LogP contribution is 2.22. The van der Waals surface area contributed by atoms with Crippen molar-refractivity contribution in [1.29, 1.82) is 0 Å². The third kappa shape index (κ3) is 4.19. The Hall–Kier alpha value is -2.47. The molecule has 3 aromatic rings. The second-order valence-electron chi connectivity index (χ2n) is 6.32. The fraction of sp³-hybridized carbons (Fsp3) is 0.300. The van der Waals surface area contributed by atoms with Gasteiger partial charge in [-0.05, 0) is 47.9 Å². The van der Waals surface area contributed by atoms with Crippen LogP contribution >= 0.6 is 11.8 Å². The summed E-state index contributed by atoms with van der Waals surface area (Å²) >= 11 is 1.36. The number of carbonyl (C=O) groups is 1. The van der Waals surface area contributed by atoms with Crippen LogP contribution in [0.15, 0.2) is 47.6 Å². The molecule has 134 valence electrons. The predicted octanol–water partition coefficient (Wildman–Crippen LogP) is 4.21. The van der Waals surface area contributed by atoms with E-state index < -0.39 is 0 Å². The van der Waals surface area contributed by atoms with Crippen molar-refractivity contribution < 1.29 is 4.79 Å². The molecule has 0 aliphatic carbocycles. The van der Waals surface area contributed by atoms with Crippen LogP contribution in [0.3, 0.4) is 0 Å². The first kappa shape index (κ1) is 18.3. The van der Waals surface area contributed by atoms with Gasteiger partial charge in [-0.2, -0.15) is 4.68 Å². The van der Waals surface area contributed by atoms with E-state index in [1.165, 1.54) is 22.9 Å². The van der Waals surface area contributed by atoms with Crippen molar-refractivity contribution in [3.05, 3.63) is 64.7 Å². The smallest absolute Gasteiger partial charge is 0.214 e. The van der Waals surface area contributed by atoms with Crippen LogP contribution in [0.2, 0.25) is 0 Å². The molecule has 26 heavy (non-hydrogen) atoms. The van der Waals surface area contributed by atoms with Crippen LogP contribution in [-0.2, 0) is 6.42 Å². The van der Waals surface area contributed by atoms with Crippen molar-refractivity contribution >= 4 is 17.5 Å². The molecule has 0 unspecified atom stereocenters. The van der Waals surface area contributed by atoms with Gasteiger partial charge < -0.3 is 0 Å². The molecule has 0 amide bonds. The van der Waals surface area contributed by atoms with Crippen LogP contribution in [0.4, 0.5) is 0 Å². The van der Waals surface area contributed by atoms with Crippen LogP contribution in [0.1, 0.15) is 40.4 Å². The zero-order valence-corrected chi connectivity index (χ0v) is 16.1. The Morgan fingerprint density at radius 2 is 1.88 bits per heavy atom. The Balaban J connectivity index is 1.70. The van der Waals surface area contributed by atoms with E-state index in [1.54, 1.807) is 4.68 Å². The van der Waals surface area contributed by atoms with Gasteiger partial charge in [0.1, 0.15) is 0 Å². The maximum atomic E-state index is 12.5. The van der Waals surface area contributed by atoms with Crippen molar-refractivity contribution in [2.75, 3.05) is 5.75 Å². The molecule has 0 saturated heterocycles. The molecule has 0 bridgehead atoms. The van der Waals surface area contributed by atoms with Crippen LogP contribution < -0.4 is 0 Å². The third-order valence-corrected chi connectivity index (χ3v) is 5.09. The normalized spacial score (nSPS) is 10.9. The number of benzene rings is 2. The monoisotopic (exact) mass is 366 g/mol. The topological polar surface area (TPSA) is 60.7 Å². The zero-order chi connectivity index (χ0) is 18.5. The number of hydrogen-bond donors (Lipinski definition) is 0. The summed E-state index contributed by atoms with van der Waals surface area (Å²) in [7, 11) is 0. The number of carbonyl (C=O) groups excluding carboxylic acids is 1. The maximum Gasteiger partial charge on any atom is 0.214 e. The largest absolute Gasteiger partial charge is 0.293 e. The zero-order valence-electron chi connectivity index (χ0n) is 15.3. The van der Waals surface area contributed by atoms with Crippen LogP contribution in [0.5, 0.6) is 0 Å². The molecule has 1 heterocycles. The molecule has 0 atom stereocenters. The van der Waals surface area contributed by atoms with E-state index in [2.05, 4.69) is 35.4 Å². The second kappa shape index (κ2) is 8.27.